The number of carbonyl (C=O) groups excluding carboxylic acids is 2. The molecule has 0 radical (unpaired) electrons. The SMILES string of the molecule is COc1ccc(CC(=O)O[C@H](C)C(=O)NCCc2ccc(F)cc2)cc1OC. The normalized spacial score (nSPS) is 11.4. The Kier molecular flexibility index (Phi) is 7.80. The van der Waals surface area contributed by atoms with Crippen molar-refractivity contribution in [2.45, 2.75) is 25.9 Å². The van der Waals surface area contributed by atoms with Crippen molar-refractivity contribution in [2.24, 2.45) is 0 Å². The van der Waals surface area contributed by atoms with E-state index in [9.17, 15) is 14.0 Å². The number of amides is 1. The van der Waals surface area contributed by atoms with Crippen molar-refractivity contribution in [3.8, 4) is 11.5 Å². The largest absolute Gasteiger partial charge is 0.493 e. The van der Waals surface area contributed by atoms with Gasteiger partial charge < -0.3 is 19.5 Å². The van der Waals surface area contributed by atoms with Gasteiger partial charge in [0.25, 0.3) is 5.91 Å². The number of halogens is 1. The molecule has 1 atom stereocenters. The van der Waals surface area contributed by atoms with Gasteiger partial charge in [0.2, 0.25) is 0 Å². The minimum Gasteiger partial charge on any atom is -0.493 e. The number of carbonyl (C=O) groups is 2. The highest BCUT2D eigenvalue weighted by atomic mass is 19.1. The summed E-state index contributed by atoms with van der Waals surface area (Å²) in [4.78, 5) is 24.2. The maximum atomic E-state index is 12.9. The summed E-state index contributed by atoms with van der Waals surface area (Å²) in [6, 6.07) is 11.2. The summed E-state index contributed by atoms with van der Waals surface area (Å²) in [6.07, 6.45) is -0.354. The van der Waals surface area contributed by atoms with Crippen molar-refractivity contribution >= 4 is 11.9 Å². The number of hydrogen-bond acceptors (Lipinski definition) is 5. The summed E-state index contributed by atoms with van der Waals surface area (Å²) in [7, 11) is 3.04. The van der Waals surface area contributed by atoms with Crippen LogP contribution in [-0.2, 0) is 27.2 Å². The fraction of sp³-hybridized carbons (Fsp3) is 0.333. The van der Waals surface area contributed by atoms with E-state index in [2.05, 4.69) is 5.32 Å². The van der Waals surface area contributed by atoms with E-state index in [1.807, 2.05) is 0 Å². The molecular weight excluding hydrogens is 365 g/mol. The van der Waals surface area contributed by atoms with Crippen LogP contribution in [0.15, 0.2) is 42.5 Å². The molecule has 0 aliphatic carbocycles. The van der Waals surface area contributed by atoms with Crippen molar-refractivity contribution in [2.75, 3.05) is 20.8 Å². The second-order valence-corrected chi connectivity index (χ2v) is 6.17. The third-order valence-corrected chi connectivity index (χ3v) is 4.10. The maximum absolute atomic E-state index is 12.9. The zero-order chi connectivity index (χ0) is 20.5. The Hall–Kier alpha value is -3.09. The minimum absolute atomic E-state index is 0.00749. The van der Waals surface area contributed by atoms with Gasteiger partial charge in [-0.25, -0.2) is 4.39 Å². The van der Waals surface area contributed by atoms with Crippen LogP contribution in [0.4, 0.5) is 4.39 Å². The molecule has 0 bridgehead atoms. The summed E-state index contributed by atoms with van der Waals surface area (Å²) >= 11 is 0. The van der Waals surface area contributed by atoms with Crippen LogP contribution in [0.1, 0.15) is 18.1 Å². The lowest BCUT2D eigenvalue weighted by Gasteiger charge is -2.14. The van der Waals surface area contributed by atoms with Crippen LogP contribution >= 0.6 is 0 Å². The average molecular weight is 389 g/mol. The van der Waals surface area contributed by atoms with Crippen LogP contribution in [0.5, 0.6) is 11.5 Å². The molecule has 2 aromatic carbocycles. The number of rotatable bonds is 9. The van der Waals surface area contributed by atoms with Gasteiger partial charge in [-0.3, -0.25) is 9.59 Å². The second kappa shape index (κ2) is 10.3. The Balaban J connectivity index is 1.79. The first-order chi connectivity index (χ1) is 13.4. The number of benzene rings is 2. The predicted octanol–water partition coefficient (Wildman–Crippen LogP) is 2.68. The molecule has 7 heteroatoms. The number of esters is 1. The third kappa shape index (κ3) is 6.26. The van der Waals surface area contributed by atoms with Gasteiger partial charge in [0, 0.05) is 6.54 Å². The number of hydrogen-bond donors (Lipinski definition) is 1. The highest BCUT2D eigenvalue weighted by Gasteiger charge is 2.18. The quantitative estimate of drug-likeness (QED) is 0.668. The van der Waals surface area contributed by atoms with E-state index < -0.39 is 12.1 Å². The van der Waals surface area contributed by atoms with Gasteiger partial charge >= 0.3 is 5.97 Å². The molecule has 0 saturated heterocycles. The first-order valence-electron chi connectivity index (χ1n) is 8.85. The minimum atomic E-state index is -0.916. The molecule has 150 valence electrons. The summed E-state index contributed by atoms with van der Waals surface area (Å²) < 4.78 is 28.4. The van der Waals surface area contributed by atoms with Crippen molar-refractivity contribution in [3.05, 3.63) is 59.4 Å². The monoisotopic (exact) mass is 389 g/mol. The van der Waals surface area contributed by atoms with Crippen molar-refractivity contribution in [3.63, 3.8) is 0 Å². The summed E-state index contributed by atoms with van der Waals surface area (Å²) in [6.45, 7) is 1.88. The van der Waals surface area contributed by atoms with Crippen LogP contribution < -0.4 is 14.8 Å². The summed E-state index contributed by atoms with van der Waals surface area (Å²) in [5.74, 6) is -0.133. The van der Waals surface area contributed by atoms with Gasteiger partial charge in [0.15, 0.2) is 17.6 Å². The molecule has 6 nitrogen and oxygen atoms in total. The smallest absolute Gasteiger partial charge is 0.311 e. The molecule has 0 fully saturated rings. The van der Waals surface area contributed by atoms with Crippen molar-refractivity contribution in [1.82, 2.24) is 5.32 Å². The second-order valence-electron chi connectivity index (χ2n) is 6.17. The zero-order valence-corrected chi connectivity index (χ0v) is 16.2. The van der Waals surface area contributed by atoms with Crippen molar-refractivity contribution in [1.29, 1.82) is 0 Å². The fourth-order valence-electron chi connectivity index (χ4n) is 2.57. The van der Waals surface area contributed by atoms with E-state index in [0.29, 0.717) is 30.0 Å². The zero-order valence-electron chi connectivity index (χ0n) is 16.2. The Morgan fingerprint density at radius 3 is 2.29 bits per heavy atom. The van der Waals surface area contributed by atoms with Crippen LogP contribution in [0.2, 0.25) is 0 Å². The Morgan fingerprint density at radius 2 is 1.64 bits per heavy atom. The highest BCUT2D eigenvalue weighted by Crippen LogP contribution is 2.27. The molecule has 1 N–H and O–H groups in total. The van der Waals surface area contributed by atoms with Gasteiger partial charge in [0.1, 0.15) is 5.82 Å². The lowest BCUT2D eigenvalue weighted by Crippen LogP contribution is -2.37. The molecule has 0 aliphatic rings. The lowest BCUT2D eigenvalue weighted by atomic mass is 10.1. The molecule has 0 spiro atoms. The number of methoxy groups -OCH3 is 2. The van der Waals surface area contributed by atoms with E-state index >= 15 is 0 Å². The molecular formula is C21H24FNO5. The molecule has 2 rings (SSSR count). The van der Waals surface area contributed by atoms with E-state index in [1.165, 1.54) is 33.3 Å². The van der Waals surface area contributed by atoms with Gasteiger partial charge in [-0.1, -0.05) is 18.2 Å². The van der Waals surface area contributed by atoms with Crippen LogP contribution in [0, 0.1) is 5.82 Å². The van der Waals surface area contributed by atoms with Gasteiger partial charge in [-0.2, -0.15) is 0 Å². The van der Waals surface area contributed by atoms with Crippen LogP contribution in [0.25, 0.3) is 0 Å². The molecule has 0 aliphatic heterocycles. The molecule has 0 heterocycles. The Labute approximate surface area is 163 Å². The molecule has 28 heavy (non-hydrogen) atoms. The average Bonchev–Trinajstić information content (AvgIpc) is 2.69. The lowest BCUT2D eigenvalue weighted by molar-refractivity contribution is -0.154. The molecule has 0 unspecified atom stereocenters. The topological polar surface area (TPSA) is 73.9 Å². The summed E-state index contributed by atoms with van der Waals surface area (Å²) in [5.41, 5.74) is 1.59. The third-order valence-electron chi connectivity index (χ3n) is 4.10. The maximum Gasteiger partial charge on any atom is 0.311 e. The number of nitrogens with one attached hydrogen (secondary N) is 1. The van der Waals surface area contributed by atoms with E-state index in [4.69, 9.17) is 14.2 Å². The Bertz CT molecular complexity index is 807. The first kappa shape index (κ1) is 21.2. The predicted molar refractivity (Wildman–Crippen MR) is 102 cm³/mol. The number of ether oxygens (including phenoxy) is 3. The van der Waals surface area contributed by atoms with Crippen LogP contribution in [-0.4, -0.2) is 38.7 Å². The van der Waals surface area contributed by atoms with Crippen LogP contribution in [0.3, 0.4) is 0 Å². The molecule has 0 saturated carbocycles. The molecule has 2 aromatic rings. The summed E-state index contributed by atoms with van der Waals surface area (Å²) in [5, 5.41) is 2.70. The van der Waals surface area contributed by atoms with Gasteiger partial charge in [-0.05, 0) is 48.7 Å². The molecule has 1 amide bonds. The van der Waals surface area contributed by atoms with E-state index in [1.54, 1.807) is 30.3 Å². The Morgan fingerprint density at radius 1 is 1.00 bits per heavy atom. The first-order valence-corrected chi connectivity index (χ1v) is 8.85. The van der Waals surface area contributed by atoms with E-state index in [-0.39, 0.29) is 18.1 Å². The highest BCUT2D eigenvalue weighted by molar-refractivity contribution is 5.83. The fourth-order valence-corrected chi connectivity index (χ4v) is 2.57. The molecule has 0 aromatic heterocycles. The standard InChI is InChI=1S/C21H24FNO5/c1-14(21(25)23-11-10-15-4-7-17(22)8-5-15)28-20(24)13-16-6-9-18(26-2)19(12-16)27-3/h4-9,12,14H,10-11,13H2,1-3H3,(H,23,25)/t14-/m1/s1. The van der Waals surface area contributed by atoms with Crippen molar-refractivity contribution < 1.29 is 28.2 Å². The van der Waals surface area contributed by atoms with Gasteiger partial charge in [0.05, 0.1) is 20.6 Å². The van der Waals surface area contributed by atoms with E-state index in [0.717, 1.165) is 5.56 Å². The van der Waals surface area contributed by atoms with Gasteiger partial charge in [-0.15, -0.1) is 0 Å².